The minimum Gasteiger partial charge on any atom is -0.477 e. The van der Waals surface area contributed by atoms with E-state index in [9.17, 15) is 14.0 Å². The highest BCUT2D eigenvalue weighted by molar-refractivity contribution is 5.92. The minimum absolute atomic E-state index is 0.167. The summed E-state index contributed by atoms with van der Waals surface area (Å²) in [6, 6.07) is 6.23. The summed E-state index contributed by atoms with van der Waals surface area (Å²) < 4.78 is 13.1. The van der Waals surface area contributed by atoms with E-state index in [1.165, 1.54) is 12.1 Å². The van der Waals surface area contributed by atoms with Crippen LogP contribution in [0.5, 0.6) is 0 Å². The van der Waals surface area contributed by atoms with E-state index in [-0.39, 0.29) is 5.39 Å². The molecule has 0 aliphatic heterocycles. The molecule has 0 spiro atoms. The molecular weight excluding hydrogens is 229 g/mol. The Kier molecular flexibility index (Phi) is 2.78. The smallest absolute Gasteiger partial charge is 0.341 e. The number of pyridine rings is 1. The van der Waals surface area contributed by atoms with Crippen molar-refractivity contribution < 1.29 is 19.1 Å². The number of aromatic carboxylic acids is 1. The molecule has 0 aliphatic carbocycles. The Morgan fingerprint density at radius 1 is 1.41 bits per heavy atom. The highest BCUT2D eigenvalue weighted by atomic mass is 19.1. The Morgan fingerprint density at radius 3 is 2.76 bits per heavy atom. The van der Waals surface area contributed by atoms with Gasteiger partial charge in [-0.3, -0.25) is 4.79 Å². The van der Waals surface area contributed by atoms with Crippen LogP contribution < -0.4 is 10.3 Å². The average molecular weight is 237 g/mol. The molecule has 0 bridgehead atoms. The van der Waals surface area contributed by atoms with Crippen LogP contribution in [-0.2, 0) is 0 Å². The van der Waals surface area contributed by atoms with Gasteiger partial charge < -0.3 is 9.94 Å². The molecule has 1 heterocycles. The summed E-state index contributed by atoms with van der Waals surface area (Å²) in [4.78, 5) is 27.3. The van der Waals surface area contributed by atoms with E-state index < -0.39 is 23.8 Å². The summed E-state index contributed by atoms with van der Waals surface area (Å²) in [7, 11) is 0. The fourth-order valence-corrected chi connectivity index (χ4v) is 1.56. The van der Waals surface area contributed by atoms with Crippen molar-refractivity contribution in [2.75, 3.05) is 6.86 Å². The highest BCUT2D eigenvalue weighted by Crippen LogP contribution is 2.10. The molecule has 0 radical (unpaired) electrons. The monoisotopic (exact) mass is 237 g/mol. The Bertz CT molecular complexity index is 635. The zero-order chi connectivity index (χ0) is 12.4. The second-order valence-corrected chi connectivity index (χ2v) is 3.26. The summed E-state index contributed by atoms with van der Waals surface area (Å²) in [5.41, 5.74) is -0.760. The van der Waals surface area contributed by atoms with Crippen LogP contribution in [-0.4, -0.2) is 22.7 Å². The van der Waals surface area contributed by atoms with E-state index in [0.29, 0.717) is 5.52 Å². The van der Waals surface area contributed by atoms with Crippen LogP contribution in [0.1, 0.15) is 10.4 Å². The summed E-state index contributed by atoms with van der Waals surface area (Å²) in [6.45, 7) is -1.12. The predicted octanol–water partition coefficient (Wildman–Crippen LogP) is 1.06. The zero-order valence-corrected chi connectivity index (χ0v) is 8.59. The SMILES string of the molecule is O=C(O)c1cn(OCF)c2ccccc2c1=O. The van der Waals surface area contributed by atoms with Gasteiger partial charge in [0.15, 0.2) is 0 Å². The fourth-order valence-electron chi connectivity index (χ4n) is 1.56. The lowest BCUT2D eigenvalue weighted by Gasteiger charge is -2.10. The average Bonchev–Trinajstić information content (AvgIpc) is 2.33. The molecule has 0 unspecified atom stereocenters. The summed E-state index contributed by atoms with van der Waals surface area (Å²) in [5, 5.41) is 9.02. The molecule has 1 aromatic carbocycles. The first-order valence-corrected chi connectivity index (χ1v) is 4.72. The van der Waals surface area contributed by atoms with Gasteiger partial charge in [0.2, 0.25) is 5.43 Å². The number of halogens is 1. The van der Waals surface area contributed by atoms with Crippen molar-refractivity contribution in [3.8, 4) is 0 Å². The molecule has 1 aromatic heterocycles. The van der Waals surface area contributed by atoms with Gasteiger partial charge in [0, 0.05) is 5.39 Å². The van der Waals surface area contributed by atoms with Gasteiger partial charge in [-0.15, -0.1) is 0 Å². The molecule has 0 atom stereocenters. The maximum atomic E-state index is 12.2. The first-order chi connectivity index (χ1) is 8.15. The van der Waals surface area contributed by atoms with Gasteiger partial charge in [-0.2, -0.15) is 4.73 Å². The maximum Gasteiger partial charge on any atom is 0.341 e. The van der Waals surface area contributed by atoms with Gasteiger partial charge in [0.1, 0.15) is 5.56 Å². The van der Waals surface area contributed by atoms with Gasteiger partial charge in [0.25, 0.3) is 6.86 Å². The summed E-state index contributed by atoms with van der Waals surface area (Å²) in [6.07, 6.45) is 0.965. The van der Waals surface area contributed by atoms with Crippen molar-refractivity contribution >= 4 is 16.9 Å². The van der Waals surface area contributed by atoms with Crippen LogP contribution in [0.25, 0.3) is 10.9 Å². The molecule has 17 heavy (non-hydrogen) atoms. The second kappa shape index (κ2) is 4.25. The molecule has 1 N–H and O–H groups in total. The van der Waals surface area contributed by atoms with Crippen molar-refractivity contribution in [2.24, 2.45) is 0 Å². The van der Waals surface area contributed by atoms with E-state index in [1.54, 1.807) is 12.1 Å². The number of para-hydroxylation sites is 1. The van der Waals surface area contributed by atoms with Crippen molar-refractivity contribution in [3.63, 3.8) is 0 Å². The molecule has 5 nitrogen and oxygen atoms in total. The van der Waals surface area contributed by atoms with E-state index in [0.717, 1.165) is 10.9 Å². The quantitative estimate of drug-likeness (QED) is 0.866. The van der Waals surface area contributed by atoms with E-state index in [4.69, 9.17) is 5.11 Å². The van der Waals surface area contributed by atoms with Crippen molar-refractivity contribution in [1.29, 1.82) is 0 Å². The van der Waals surface area contributed by atoms with Gasteiger partial charge >= 0.3 is 5.97 Å². The van der Waals surface area contributed by atoms with Crippen LogP contribution in [0.3, 0.4) is 0 Å². The van der Waals surface area contributed by atoms with Crippen LogP contribution in [0.2, 0.25) is 0 Å². The summed E-state index contributed by atoms with van der Waals surface area (Å²) >= 11 is 0. The molecule has 0 fully saturated rings. The number of alkyl halides is 1. The van der Waals surface area contributed by atoms with Crippen LogP contribution in [0.4, 0.5) is 4.39 Å². The number of carbonyl (C=O) groups is 1. The third kappa shape index (κ3) is 1.84. The Balaban J connectivity index is 2.84. The Morgan fingerprint density at radius 2 is 2.12 bits per heavy atom. The lowest BCUT2D eigenvalue weighted by Crippen LogP contribution is -2.22. The molecular formula is C11H8FNO4. The van der Waals surface area contributed by atoms with Crippen LogP contribution in [0, 0.1) is 0 Å². The standard InChI is InChI=1S/C11H8FNO4/c12-6-17-13-5-8(11(15)16)10(14)7-3-1-2-4-9(7)13/h1-5H,6H2,(H,15,16). The fraction of sp³-hybridized carbons (Fsp3) is 0.0909. The molecule has 88 valence electrons. The van der Waals surface area contributed by atoms with Crippen molar-refractivity contribution in [1.82, 2.24) is 4.73 Å². The Hall–Kier alpha value is -2.37. The highest BCUT2D eigenvalue weighted by Gasteiger charge is 2.14. The van der Waals surface area contributed by atoms with Gasteiger partial charge in [0.05, 0.1) is 11.7 Å². The van der Waals surface area contributed by atoms with Crippen LogP contribution >= 0.6 is 0 Å². The van der Waals surface area contributed by atoms with E-state index >= 15 is 0 Å². The van der Waals surface area contributed by atoms with Crippen LogP contribution in [0.15, 0.2) is 35.3 Å². The number of nitrogens with zero attached hydrogens (tertiary/aromatic N) is 1. The zero-order valence-electron chi connectivity index (χ0n) is 8.59. The van der Waals surface area contributed by atoms with Crippen molar-refractivity contribution in [2.45, 2.75) is 0 Å². The number of carboxylic acids is 1. The number of benzene rings is 1. The number of carboxylic acid groups (broad SMARTS) is 1. The molecule has 6 heteroatoms. The van der Waals surface area contributed by atoms with Gasteiger partial charge in [-0.1, -0.05) is 12.1 Å². The molecule has 0 saturated heterocycles. The second-order valence-electron chi connectivity index (χ2n) is 3.26. The summed E-state index contributed by atoms with van der Waals surface area (Å²) in [5.74, 6) is -1.38. The number of aromatic nitrogens is 1. The lowest BCUT2D eigenvalue weighted by molar-refractivity contribution is 0.0471. The van der Waals surface area contributed by atoms with E-state index in [2.05, 4.69) is 4.84 Å². The van der Waals surface area contributed by atoms with Gasteiger partial charge in [-0.05, 0) is 12.1 Å². The van der Waals surface area contributed by atoms with E-state index in [1.807, 2.05) is 0 Å². The third-order valence-electron chi connectivity index (χ3n) is 2.30. The third-order valence-corrected chi connectivity index (χ3v) is 2.30. The largest absolute Gasteiger partial charge is 0.477 e. The topological polar surface area (TPSA) is 68.5 Å². The number of hydrogen-bond acceptors (Lipinski definition) is 3. The minimum atomic E-state index is -1.38. The number of hydrogen-bond donors (Lipinski definition) is 1. The van der Waals surface area contributed by atoms with Gasteiger partial charge in [-0.25, -0.2) is 9.18 Å². The molecule has 0 saturated carbocycles. The van der Waals surface area contributed by atoms with Crippen molar-refractivity contribution in [3.05, 3.63) is 46.2 Å². The first kappa shape index (κ1) is 11.1. The molecule has 2 rings (SSSR count). The molecule has 2 aromatic rings. The molecule has 0 aliphatic rings. The normalized spacial score (nSPS) is 10.4. The lowest BCUT2D eigenvalue weighted by atomic mass is 10.1. The molecule has 0 amide bonds. The maximum absolute atomic E-state index is 12.2. The number of rotatable bonds is 3. The first-order valence-electron chi connectivity index (χ1n) is 4.72. The Labute approximate surface area is 94.6 Å². The predicted molar refractivity (Wildman–Crippen MR) is 57.7 cm³/mol. The number of fused-ring (bicyclic) bond motifs is 1.